The highest BCUT2D eigenvalue weighted by atomic mass is 16.5. The second-order valence-electron chi connectivity index (χ2n) is 2.46. The van der Waals surface area contributed by atoms with Gasteiger partial charge in [-0.15, -0.1) is 0 Å². The highest BCUT2D eigenvalue weighted by Crippen LogP contribution is 2.36. The molecule has 13 heavy (non-hydrogen) atoms. The molecule has 1 rings (SSSR count). The first-order valence-corrected chi connectivity index (χ1v) is 3.78. The number of ether oxygens (including phenoxy) is 2. The molecule has 0 aliphatic heterocycles. The highest BCUT2D eigenvalue weighted by molar-refractivity contribution is 5.52. The lowest BCUT2D eigenvalue weighted by Crippen LogP contribution is -1.96. The number of benzene rings is 1. The Kier molecular flexibility index (Phi) is 2.97. The van der Waals surface area contributed by atoms with Gasteiger partial charge in [-0.05, 0) is 12.1 Å². The third kappa shape index (κ3) is 1.67. The van der Waals surface area contributed by atoms with Gasteiger partial charge in [0, 0.05) is 0 Å². The molecule has 0 aliphatic carbocycles. The molecule has 0 saturated heterocycles. The first-order valence-electron chi connectivity index (χ1n) is 3.78. The van der Waals surface area contributed by atoms with Crippen molar-refractivity contribution in [2.24, 2.45) is 0 Å². The normalized spacial score (nSPS) is 9.77. The minimum Gasteiger partial charge on any atom is -0.504 e. The number of hydrogen-bond donors (Lipinski definition) is 2. The summed E-state index contributed by atoms with van der Waals surface area (Å²) in [5.74, 6) is 0.742. The van der Waals surface area contributed by atoms with Gasteiger partial charge < -0.3 is 19.7 Å². The fraction of sp³-hybridized carbons (Fsp3) is 0.333. The minimum absolute atomic E-state index is 0.00708. The summed E-state index contributed by atoms with van der Waals surface area (Å²) in [6.45, 7) is -0.235. The summed E-state index contributed by atoms with van der Waals surface area (Å²) in [6.07, 6.45) is 0. The Morgan fingerprint density at radius 3 is 2.38 bits per heavy atom. The van der Waals surface area contributed by atoms with Crippen LogP contribution in [-0.2, 0) is 6.61 Å². The van der Waals surface area contributed by atoms with E-state index in [0.717, 1.165) is 0 Å². The van der Waals surface area contributed by atoms with Gasteiger partial charge in [0.2, 0.25) is 0 Å². The second kappa shape index (κ2) is 4.00. The number of aromatic hydroxyl groups is 1. The fourth-order valence-corrected chi connectivity index (χ4v) is 1.17. The first-order chi connectivity index (χ1) is 6.24. The van der Waals surface area contributed by atoms with E-state index in [1.165, 1.54) is 20.3 Å². The van der Waals surface area contributed by atoms with Crippen LogP contribution in [0.25, 0.3) is 0 Å². The van der Waals surface area contributed by atoms with E-state index in [1.54, 1.807) is 6.07 Å². The molecule has 4 nitrogen and oxygen atoms in total. The lowest BCUT2D eigenvalue weighted by atomic mass is 10.1. The molecule has 4 heteroatoms. The van der Waals surface area contributed by atoms with Crippen LogP contribution in [0.1, 0.15) is 5.56 Å². The maximum atomic E-state index is 9.35. The number of aliphatic hydroxyl groups excluding tert-OH is 1. The van der Waals surface area contributed by atoms with E-state index in [9.17, 15) is 5.11 Å². The number of methoxy groups -OCH3 is 2. The molecule has 2 N–H and O–H groups in total. The molecule has 0 unspecified atom stereocenters. The predicted molar refractivity (Wildman–Crippen MR) is 47.1 cm³/mol. The van der Waals surface area contributed by atoms with Crippen molar-refractivity contribution in [3.63, 3.8) is 0 Å². The van der Waals surface area contributed by atoms with Gasteiger partial charge in [0.1, 0.15) is 5.75 Å². The predicted octanol–water partition coefficient (Wildman–Crippen LogP) is 0.902. The van der Waals surface area contributed by atoms with Gasteiger partial charge in [0.15, 0.2) is 11.5 Å². The third-order valence-corrected chi connectivity index (χ3v) is 1.78. The molecular weight excluding hydrogens is 172 g/mol. The van der Waals surface area contributed by atoms with Crippen molar-refractivity contribution in [3.05, 3.63) is 17.7 Å². The number of rotatable bonds is 3. The van der Waals surface area contributed by atoms with Crippen molar-refractivity contribution >= 4 is 0 Å². The smallest absolute Gasteiger partial charge is 0.169 e. The van der Waals surface area contributed by atoms with Crippen LogP contribution in [-0.4, -0.2) is 24.4 Å². The maximum absolute atomic E-state index is 9.35. The molecule has 0 atom stereocenters. The van der Waals surface area contributed by atoms with Gasteiger partial charge >= 0.3 is 0 Å². The first kappa shape index (κ1) is 9.67. The van der Waals surface area contributed by atoms with Crippen molar-refractivity contribution in [3.8, 4) is 17.2 Å². The van der Waals surface area contributed by atoms with Gasteiger partial charge in [-0.25, -0.2) is 0 Å². The largest absolute Gasteiger partial charge is 0.504 e. The molecule has 0 spiro atoms. The van der Waals surface area contributed by atoms with Crippen LogP contribution >= 0.6 is 0 Å². The highest BCUT2D eigenvalue weighted by Gasteiger charge is 2.12. The monoisotopic (exact) mass is 184 g/mol. The summed E-state index contributed by atoms with van der Waals surface area (Å²) in [5.41, 5.74) is 0.449. The van der Waals surface area contributed by atoms with Crippen molar-refractivity contribution in [2.75, 3.05) is 14.2 Å². The van der Waals surface area contributed by atoms with Crippen LogP contribution in [0.2, 0.25) is 0 Å². The number of phenols is 1. The standard InChI is InChI=1S/C9H12O4/c1-12-8-4-3-7(11)9(13-2)6(8)5-10/h3-4,10-11H,5H2,1-2H3. The summed E-state index contributed by atoms with van der Waals surface area (Å²) in [5, 5.41) is 18.4. The Morgan fingerprint density at radius 1 is 1.23 bits per heavy atom. The summed E-state index contributed by atoms with van der Waals surface area (Å²) < 4.78 is 9.90. The summed E-state index contributed by atoms with van der Waals surface area (Å²) in [6, 6.07) is 3.03. The zero-order valence-electron chi connectivity index (χ0n) is 7.57. The van der Waals surface area contributed by atoms with Gasteiger partial charge in [-0.3, -0.25) is 0 Å². The summed E-state index contributed by atoms with van der Waals surface area (Å²) in [7, 11) is 2.92. The van der Waals surface area contributed by atoms with E-state index in [1.807, 2.05) is 0 Å². The molecule has 0 heterocycles. The van der Waals surface area contributed by atoms with Gasteiger partial charge in [0.05, 0.1) is 26.4 Å². The quantitative estimate of drug-likeness (QED) is 0.732. The van der Waals surface area contributed by atoms with Crippen LogP contribution in [0.3, 0.4) is 0 Å². The van der Waals surface area contributed by atoms with Crippen molar-refractivity contribution < 1.29 is 19.7 Å². The van der Waals surface area contributed by atoms with Crippen molar-refractivity contribution in [2.45, 2.75) is 6.61 Å². The number of aliphatic hydroxyl groups is 1. The fourth-order valence-electron chi connectivity index (χ4n) is 1.17. The number of phenolic OH excluding ortho intramolecular Hbond substituents is 1. The lowest BCUT2D eigenvalue weighted by Gasteiger charge is -2.11. The van der Waals surface area contributed by atoms with Crippen LogP contribution in [0.5, 0.6) is 17.2 Å². The third-order valence-electron chi connectivity index (χ3n) is 1.78. The molecule has 0 aliphatic rings. The molecular formula is C9H12O4. The molecule has 1 aromatic rings. The van der Waals surface area contributed by atoms with Crippen molar-refractivity contribution in [1.29, 1.82) is 0 Å². The molecule has 1 aromatic carbocycles. The molecule has 0 fully saturated rings. The van der Waals surface area contributed by atoms with E-state index in [0.29, 0.717) is 11.3 Å². The van der Waals surface area contributed by atoms with Gasteiger partial charge in [0.25, 0.3) is 0 Å². The van der Waals surface area contributed by atoms with E-state index in [2.05, 4.69) is 0 Å². The summed E-state index contributed by atoms with van der Waals surface area (Å²) in [4.78, 5) is 0. The Bertz CT molecular complexity index is 296. The van der Waals surface area contributed by atoms with E-state index in [4.69, 9.17) is 14.6 Å². The van der Waals surface area contributed by atoms with Crippen LogP contribution in [0.4, 0.5) is 0 Å². The van der Waals surface area contributed by atoms with Gasteiger partial charge in [-0.2, -0.15) is 0 Å². The molecule has 0 aromatic heterocycles. The Morgan fingerprint density at radius 2 is 1.92 bits per heavy atom. The Balaban J connectivity index is 3.27. The van der Waals surface area contributed by atoms with Crippen LogP contribution < -0.4 is 9.47 Å². The topological polar surface area (TPSA) is 58.9 Å². The zero-order valence-corrected chi connectivity index (χ0v) is 7.57. The summed E-state index contributed by atoms with van der Waals surface area (Å²) >= 11 is 0. The molecule has 0 radical (unpaired) electrons. The Hall–Kier alpha value is -1.42. The lowest BCUT2D eigenvalue weighted by molar-refractivity contribution is 0.262. The van der Waals surface area contributed by atoms with E-state index in [-0.39, 0.29) is 18.1 Å². The molecule has 0 amide bonds. The average molecular weight is 184 g/mol. The van der Waals surface area contributed by atoms with Crippen LogP contribution in [0, 0.1) is 0 Å². The minimum atomic E-state index is -0.235. The SMILES string of the molecule is COc1ccc(O)c(OC)c1CO. The number of hydrogen-bond acceptors (Lipinski definition) is 4. The van der Waals surface area contributed by atoms with Crippen LogP contribution in [0.15, 0.2) is 12.1 Å². The molecule has 0 saturated carbocycles. The van der Waals surface area contributed by atoms with E-state index < -0.39 is 0 Å². The molecule has 0 bridgehead atoms. The van der Waals surface area contributed by atoms with Crippen molar-refractivity contribution in [1.82, 2.24) is 0 Å². The van der Waals surface area contributed by atoms with E-state index >= 15 is 0 Å². The Labute approximate surface area is 76.3 Å². The molecule has 72 valence electrons. The second-order valence-corrected chi connectivity index (χ2v) is 2.46. The van der Waals surface area contributed by atoms with Gasteiger partial charge in [-0.1, -0.05) is 0 Å². The average Bonchev–Trinajstić information content (AvgIpc) is 2.17. The maximum Gasteiger partial charge on any atom is 0.169 e. The zero-order chi connectivity index (χ0) is 9.84.